The number of fused-ring (bicyclic) bond motifs is 1. The van der Waals surface area contributed by atoms with E-state index in [9.17, 15) is 0 Å². The standard InChI is InChI=1S/C18H20ClN5/c19-16-7-13(15-11-23-18-14(15)4-2-6-21-18)8-17(24-16)22-10-12-3-1-5-20-9-12/h2,4,6-8,11-12,20H,1,3,5,9-10H2,(H,21,23)(H,22,24). The number of aromatic nitrogens is 3. The maximum absolute atomic E-state index is 6.25. The first-order valence-electron chi connectivity index (χ1n) is 8.34. The van der Waals surface area contributed by atoms with Crippen molar-refractivity contribution in [1.29, 1.82) is 0 Å². The summed E-state index contributed by atoms with van der Waals surface area (Å²) in [5, 5.41) is 8.46. The minimum absolute atomic E-state index is 0.495. The van der Waals surface area contributed by atoms with Crippen LogP contribution in [0.4, 0.5) is 5.82 Å². The number of rotatable bonds is 4. The number of piperidine rings is 1. The van der Waals surface area contributed by atoms with Crippen molar-refractivity contribution in [3.05, 3.63) is 41.8 Å². The van der Waals surface area contributed by atoms with E-state index >= 15 is 0 Å². The number of H-pyrrole nitrogens is 1. The lowest BCUT2D eigenvalue weighted by Crippen LogP contribution is -2.33. The zero-order chi connectivity index (χ0) is 16.4. The summed E-state index contributed by atoms with van der Waals surface area (Å²) in [6.45, 7) is 3.11. The van der Waals surface area contributed by atoms with Crippen molar-refractivity contribution in [3.8, 4) is 11.1 Å². The van der Waals surface area contributed by atoms with Gasteiger partial charge in [-0.05, 0) is 61.7 Å². The molecule has 0 aliphatic carbocycles. The molecule has 3 N–H and O–H groups in total. The summed E-state index contributed by atoms with van der Waals surface area (Å²) in [6, 6.07) is 7.95. The van der Waals surface area contributed by atoms with E-state index in [1.165, 1.54) is 12.8 Å². The smallest absolute Gasteiger partial charge is 0.137 e. The molecule has 0 radical (unpaired) electrons. The van der Waals surface area contributed by atoms with Crippen LogP contribution in [0.1, 0.15) is 12.8 Å². The summed E-state index contributed by atoms with van der Waals surface area (Å²) < 4.78 is 0. The number of halogens is 1. The Bertz CT molecular complexity index is 838. The predicted molar refractivity (Wildman–Crippen MR) is 98.4 cm³/mol. The molecular formula is C18H20ClN5. The van der Waals surface area contributed by atoms with E-state index in [1.54, 1.807) is 6.20 Å². The first-order chi connectivity index (χ1) is 11.8. The summed E-state index contributed by atoms with van der Waals surface area (Å²) in [5.74, 6) is 1.46. The van der Waals surface area contributed by atoms with Crippen LogP contribution in [0.25, 0.3) is 22.2 Å². The third-order valence-electron chi connectivity index (χ3n) is 4.53. The van der Waals surface area contributed by atoms with Crippen molar-refractivity contribution >= 4 is 28.5 Å². The summed E-state index contributed by atoms with van der Waals surface area (Å²) in [6.07, 6.45) is 6.25. The molecule has 1 atom stereocenters. The Hall–Kier alpha value is -2.11. The highest BCUT2D eigenvalue weighted by molar-refractivity contribution is 6.29. The Morgan fingerprint density at radius 1 is 1.33 bits per heavy atom. The highest BCUT2D eigenvalue weighted by atomic mass is 35.5. The highest BCUT2D eigenvalue weighted by Crippen LogP contribution is 2.30. The number of hydrogen-bond acceptors (Lipinski definition) is 4. The molecule has 1 aliphatic rings. The first-order valence-corrected chi connectivity index (χ1v) is 8.72. The van der Waals surface area contributed by atoms with Crippen LogP contribution in [-0.2, 0) is 0 Å². The number of nitrogens with one attached hydrogen (secondary N) is 3. The molecule has 5 nitrogen and oxygen atoms in total. The van der Waals surface area contributed by atoms with Crippen molar-refractivity contribution in [3.63, 3.8) is 0 Å². The Balaban J connectivity index is 1.59. The van der Waals surface area contributed by atoms with Crippen LogP contribution < -0.4 is 10.6 Å². The maximum atomic E-state index is 6.25. The predicted octanol–water partition coefficient (Wildman–Crippen LogP) is 3.69. The molecule has 0 spiro atoms. The van der Waals surface area contributed by atoms with Gasteiger partial charge in [-0.3, -0.25) is 0 Å². The molecule has 1 fully saturated rings. The summed E-state index contributed by atoms with van der Waals surface area (Å²) in [5.41, 5.74) is 3.01. The zero-order valence-electron chi connectivity index (χ0n) is 13.3. The normalized spacial score (nSPS) is 18.0. The fraction of sp³-hybridized carbons (Fsp3) is 0.333. The van der Waals surface area contributed by atoms with E-state index in [1.807, 2.05) is 18.3 Å². The Morgan fingerprint density at radius 2 is 2.29 bits per heavy atom. The van der Waals surface area contributed by atoms with Crippen LogP contribution in [0, 0.1) is 5.92 Å². The molecule has 0 aromatic carbocycles. The van der Waals surface area contributed by atoms with Gasteiger partial charge in [-0.2, -0.15) is 0 Å². The Labute approximate surface area is 145 Å². The van der Waals surface area contributed by atoms with E-state index in [-0.39, 0.29) is 0 Å². The fourth-order valence-corrected chi connectivity index (χ4v) is 3.49. The molecule has 6 heteroatoms. The van der Waals surface area contributed by atoms with E-state index in [2.05, 4.69) is 37.7 Å². The quantitative estimate of drug-likeness (QED) is 0.633. The van der Waals surface area contributed by atoms with Crippen LogP contribution in [0.15, 0.2) is 36.7 Å². The van der Waals surface area contributed by atoms with Crippen molar-refractivity contribution < 1.29 is 0 Å². The Morgan fingerprint density at radius 3 is 3.17 bits per heavy atom. The van der Waals surface area contributed by atoms with Gasteiger partial charge in [-0.1, -0.05) is 11.6 Å². The van der Waals surface area contributed by atoms with Gasteiger partial charge in [-0.25, -0.2) is 9.97 Å². The van der Waals surface area contributed by atoms with Gasteiger partial charge in [0, 0.05) is 29.9 Å². The van der Waals surface area contributed by atoms with Crippen molar-refractivity contribution in [2.45, 2.75) is 12.8 Å². The molecular weight excluding hydrogens is 322 g/mol. The lowest BCUT2D eigenvalue weighted by Gasteiger charge is -2.23. The van der Waals surface area contributed by atoms with E-state index < -0.39 is 0 Å². The second kappa shape index (κ2) is 6.79. The fourth-order valence-electron chi connectivity index (χ4n) is 3.28. The summed E-state index contributed by atoms with van der Waals surface area (Å²) in [4.78, 5) is 12.0. The molecule has 1 saturated heterocycles. The van der Waals surface area contributed by atoms with Crippen LogP contribution in [-0.4, -0.2) is 34.6 Å². The minimum Gasteiger partial charge on any atom is -0.370 e. The van der Waals surface area contributed by atoms with Crippen molar-refractivity contribution in [2.24, 2.45) is 5.92 Å². The molecule has 0 amide bonds. The molecule has 1 unspecified atom stereocenters. The third kappa shape index (κ3) is 3.23. The molecule has 1 aliphatic heterocycles. The highest BCUT2D eigenvalue weighted by Gasteiger charge is 2.14. The molecule has 24 heavy (non-hydrogen) atoms. The molecule has 4 heterocycles. The maximum Gasteiger partial charge on any atom is 0.137 e. The lowest BCUT2D eigenvalue weighted by molar-refractivity contribution is 0.392. The van der Waals surface area contributed by atoms with E-state index in [4.69, 9.17) is 11.6 Å². The van der Waals surface area contributed by atoms with Crippen molar-refractivity contribution in [1.82, 2.24) is 20.3 Å². The van der Waals surface area contributed by atoms with E-state index in [0.717, 1.165) is 47.6 Å². The lowest BCUT2D eigenvalue weighted by atomic mass is 10.00. The number of aromatic amines is 1. The van der Waals surface area contributed by atoms with Gasteiger partial charge >= 0.3 is 0 Å². The van der Waals surface area contributed by atoms with Crippen molar-refractivity contribution in [2.75, 3.05) is 25.0 Å². The molecule has 3 aromatic heterocycles. The number of nitrogens with zero attached hydrogens (tertiary/aromatic N) is 2. The van der Waals surface area contributed by atoms with Crippen LogP contribution in [0.3, 0.4) is 0 Å². The van der Waals surface area contributed by atoms with E-state index in [0.29, 0.717) is 11.1 Å². The number of hydrogen-bond donors (Lipinski definition) is 3. The summed E-state index contributed by atoms with van der Waals surface area (Å²) >= 11 is 6.25. The summed E-state index contributed by atoms with van der Waals surface area (Å²) in [7, 11) is 0. The molecule has 3 aromatic rings. The third-order valence-corrected chi connectivity index (χ3v) is 4.72. The van der Waals surface area contributed by atoms with Gasteiger partial charge in [0.15, 0.2) is 0 Å². The molecule has 0 saturated carbocycles. The van der Waals surface area contributed by atoms with Gasteiger partial charge in [-0.15, -0.1) is 0 Å². The van der Waals surface area contributed by atoms with Crippen LogP contribution in [0.5, 0.6) is 0 Å². The average Bonchev–Trinajstić information content (AvgIpc) is 3.05. The number of anilines is 1. The molecule has 4 rings (SSSR count). The first kappa shape index (κ1) is 15.4. The molecule has 124 valence electrons. The van der Waals surface area contributed by atoms with Gasteiger partial charge in [0.05, 0.1) is 0 Å². The van der Waals surface area contributed by atoms with Crippen LogP contribution >= 0.6 is 11.6 Å². The van der Waals surface area contributed by atoms with Gasteiger partial charge in [0.25, 0.3) is 0 Å². The second-order valence-electron chi connectivity index (χ2n) is 6.26. The largest absolute Gasteiger partial charge is 0.370 e. The topological polar surface area (TPSA) is 65.6 Å². The van der Waals surface area contributed by atoms with Crippen LogP contribution in [0.2, 0.25) is 5.15 Å². The second-order valence-corrected chi connectivity index (χ2v) is 6.65. The molecule has 0 bridgehead atoms. The average molecular weight is 342 g/mol. The zero-order valence-corrected chi connectivity index (χ0v) is 14.1. The monoisotopic (exact) mass is 341 g/mol. The number of pyridine rings is 2. The Kier molecular flexibility index (Phi) is 4.36. The van der Waals surface area contributed by atoms with Gasteiger partial charge < -0.3 is 15.6 Å². The minimum atomic E-state index is 0.495. The SMILES string of the molecule is Clc1cc(-c2c[nH]c3ncccc23)cc(NCC2CCCNC2)n1. The van der Waals surface area contributed by atoms with Gasteiger partial charge in [0.1, 0.15) is 16.6 Å². The van der Waals surface area contributed by atoms with Gasteiger partial charge in [0.2, 0.25) is 0 Å².